The molecule has 0 atom stereocenters. The van der Waals surface area contributed by atoms with Crippen LogP contribution >= 0.6 is 0 Å². The van der Waals surface area contributed by atoms with Gasteiger partial charge in [0.1, 0.15) is 11.4 Å². The van der Waals surface area contributed by atoms with Crippen LogP contribution in [-0.4, -0.2) is 30.9 Å². The number of nitrogen functional groups attached to an aromatic ring is 1. The van der Waals surface area contributed by atoms with E-state index in [0.717, 1.165) is 12.1 Å². The van der Waals surface area contributed by atoms with E-state index in [1.165, 1.54) is 0 Å². The van der Waals surface area contributed by atoms with Crippen LogP contribution in [0.2, 0.25) is 0 Å². The van der Waals surface area contributed by atoms with Gasteiger partial charge in [0, 0.05) is 13.1 Å². The number of benzene rings is 1. The van der Waals surface area contributed by atoms with E-state index < -0.39 is 11.7 Å². The first-order valence-electron chi connectivity index (χ1n) is 7.95. The number of alkyl carbamates (subject to hydrolysis) is 1. The van der Waals surface area contributed by atoms with E-state index in [-0.39, 0.29) is 6.10 Å². The number of hydrogen-bond acceptors (Lipinski definition) is 5. The molecule has 0 aliphatic carbocycles. The summed E-state index contributed by atoms with van der Waals surface area (Å²) in [6.07, 6.45) is 0.434. The number of amides is 1. The summed E-state index contributed by atoms with van der Waals surface area (Å²) < 4.78 is 10.8. The second-order valence-electron chi connectivity index (χ2n) is 6.59. The number of nitrogens with two attached hydrogens (primary N) is 1. The molecular weight excluding hydrogens is 294 g/mol. The summed E-state index contributed by atoms with van der Waals surface area (Å²) in [5.74, 6) is 0.678. The van der Waals surface area contributed by atoms with Crippen LogP contribution in [0.25, 0.3) is 0 Å². The highest BCUT2D eigenvalue weighted by atomic mass is 16.6. The zero-order valence-electron chi connectivity index (χ0n) is 14.7. The number of rotatable bonds is 7. The van der Waals surface area contributed by atoms with Crippen molar-refractivity contribution in [3.63, 3.8) is 0 Å². The maximum atomic E-state index is 11.5. The second kappa shape index (κ2) is 8.50. The lowest BCUT2D eigenvalue weighted by molar-refractivity contribution is 0.0528. The van der Waals surface area contributed by atoms with Crippen molar-refractivity contribution >= 4 is 17.5 Å². The molecule has 6 heteroatoms. The Morgan fingerprint density at radius 3 is 2.57 bits per heavy atom. The van der Waals surface area contributed by atoms with Crippen LogP contribution in [0, 0.1) is 0 Å². The molecule has 0 saturated heterocycles. The van der Waals surface area contributed by atoms with E-state index in [9.17, 15) is 4.79 Å². The van der Waals surface area contributed by atoms with Gasteiger partial charge in [0.25, 0.3) is 0 Å². The van der Waals surface area contributed by atoms with Gasteiger partial charge in [-0.3, -0.25) is 0 Å². The molecule has 0 fully saturated rings. The van der Waals surface area contributed by atoms with Gasteiger partial charge in [-0.25, -0.2) is 4.79 Å². The first kappa shape index (κ1) is 18.9. The van der Waals surface area contributed by atoms with Crippen LogP contribution < -0.4 is 21.1 Å². The Morgan fingerprint density at radius 2 is 1.96 bits per heavy atom. The normalized spacial score (nSPS) is 11.2. The van der Waals surface area contributed by atoms with Crippen LogP contribution in [0.3, 0.4) is 0 Å². The quantitative estimate of drug-likeness (QED) is 0.529. The van der Waals surface area contributed by atoms with Crippen molar-refractivity contribution in [2.45, 2.75) is 52.7 Å². The zero-order chi connectivity index (χ0) is 17.5. The van der Waals surface area contributed by atoms with Gasteiger partial charge >= 0.3 is 6.09 Å². The van der Waals surface area contributed by atoms with Gasteiger partial charge in [-0.15, -0.1) is 0 Å². The first-order chi connectivity index (χ1) is 10.7. The molecule has 0 saturated carbocycles. The molecule has 0 radical (unpaired) electrons. The Labute approximate surface area is 138 Å². The van der Waals surface area contributed by atoms with Crippen molar-refractivity contribution in [2.75, 3.05) is 24.1 Å². The van der Waals surface area contributed by atoms with Crippen LogP contribution in [0.15, 0.2) is 18.2 Å². The fourth-order valence-corrected chi connectivity index (χ4v) is 1.87. The zero-order valence-corrected chi connectivity index (χ0v) is 14.7. The molecule has 130 valence electrons. The van der Waals surface area contributed by atoms with Crippen LogP contribution in [0.4, 0.5) is 16.2 Å². The highest BCUT2D eigenvalue weighted by molar-refractivity contribution is 5.73. The summed E-state index contributed by atoms with van der Waals surface area (Å²) in [6.45, 7) is 10.6. The van der Waals surface area contributed by atoms with E-state index in [4.69, 9.17) is 15.2 Å². The molecule has 6 nitrogen and oxygen atoms in total. The first-order valence-corrected chi connectivity index (χ1v) is 7.95. The number of hydrogen-bond donors (Lipinski definition) is 3. The molecule has 1 amide bonds. The molecule has 23 heavy (non-hydrogen) atoms. The Kier molecular flexibility index (Phi) is 7.00. The van der Waals surface area contributed by atoms with Gasteiger partial charge in [-0.1, -0.05) is 6.07 Å². The van der Waals surface area contributed by atoms with Crippen molar-refractivity contribution in [3.05, 3.63) is 18.2 Å². The summed E-state index contributed by atoms with van der Waals surface area (Å²) in [5, 5.41) is 5.97. The molecule has 0 unspecified atom stereocenters. The Morgan fingerprint density at radius 1 is 1.26 bits per heavy atom. The van der Waals surface area contributed by atoms with Gasteiger partial charge in [-0.05, 0) is 53.2 Å². The Hall–Kier alpha value is -2.11. The summed E-state index contributed by atoms with van der Waals surface area (Å²) in [5.41, 5.74) is 7.04. The molecule has 1 rings (SSSR count). The number of carbonyl (C=O) groups excluding carboxylic acids is 1. The molecule has 0 heterocycles. The fraction of sp³-hybridized carbons (Fsp3) is 0.588. The molecule has 0 spiro atoms. The summed E-state index contributed by atoms with van der Waals surface area (Å²) in [7, 11) is 0. The second-order valence-corrected chi connectivity index (χ2v) is 6.59. The van der Waals surface area contributed by atoms with Crippen LogP contribution in [0.5, 0.6) is 5.75 Å². The Balaban J connectivity index is 2.35. The minimum Gasteiger partial charge on any atom is -0.489 e. The SMILES string of the molecule is CC(C)Oc1cccc(NCCCNC(=O)OC(C)(C)C)c1N. The minimum absolute atomic E-state index is 0.0746. The lowest BCUT2D eigenvalue weighted by atomic mass is 10.2. The highest BCUT2D eigenvalue weighted by Gasteiger charge is 2.15. The van der Waals surface area contributed by atoms with E-state index in [1.54, 1.807) is 0 Å². The topological polar surface area (TPSA) is 85.6 Å². The third kappa shape index (κ3) is 7.63. The van der Waals surface area contributed by atoms with Gasteiger partial charge in [0.2, 0.25) is 0 Å². The van der Waals surface area contributed by atoms with Gasteiger partial charge in [-0.2, -0.15) is 0 Å². The summed E-state index contributed by atoms with van der Waals surface area (Å²) in [6, 6.07) is 5.66. The standard InChI is InChI=1S/C17H29N3O3/c1-12(2)22-14-9-6-8-13(15(14)18)19-10-7-11-20-16(21)23-17(3,4)5/h6,8-9,12,19H,7,10-11,18H2,1-5H3,(H,20,21). The maximum Gasteiger partial charge on any atom is 0.407 e. The number of para-hydroxylation sites is 1. The van der Waals surface area contributed by atoms with Gasteiger partial charge < -0.3 is 25.8 Å². The molecule has 0 bridgehead atoms. The number of anilines is 2. The van der Waals surface area contributed by atoms with Gasteiger partial charge in [0.05, 0.1) is 17.5 Å². The van der Waals surface area contributed by atoms with Crippen LogP contribution in [0.1, 0.15) is 41.0 Å². The van der Waals surface area contributed by atoms with E-state index in [0.29, 0.717) is 24.5 Å². The van der Waals surface area contributed by atoms with Crippen molar-refractivity contribution in [2.24, 2.45) is 0 Å². The van der Waals surface area contributed by atoms with Gasteiger partial charge in [0.15, 0.2) is 0 Å². The lowest BCUT2D eigenvalue weighted by Gasteiger charge is -2.19. The van der Waals surface area contributed by atoms with Crippen molar-refractivity contribution < 1.29 is 14.3 Å². The third-order valence-electron chi connectivity index (χ3n) is 2.77. The average Bonchev–Trinajstić information content (AvgIpc) is 2.39. The molecular formula is C17H29N3O3. The molecule has 4 N–H and O–H groups in total. The third-order valence-corrected chi connectivity index (χ3v) is 2.77. The maximum absolute atomic E-state index is 11.5. The number of nitrogens with one attached hydrogen (secondary N) is 2. The minimum atomic E-state index is -0.479. The lowest BCUT2D eigenvalue weighted by Crippen LogP contribution is -2.33. The molecule has 0 aromatic heterocycles. The number of carbonyl (C=O) groups is 1. The highest BCUT2D eigenvalue weighted by Crippen LogP contribution is 2.29. The predicted octanol–water partition coefficient (Wildman–Crippen LogP) is 3.38. The van der Waals surface area contributed by atoms with Crippen LogP contribution in [-0.2, 0) is 4.74 Å². The Bertz CT molecular complexity index is 510. The van der Waals surface area contributed by atoms with E-state index in [2.05, 4.69) is 10.6 Å². The molecule has 1 aromatic carbocycles. The summed E-state index contributed by atoms with van der Waals surface area (Å²) in [4.78, 5) is 11.5. The van der Waals surface area contributed by atoms with Crippen molar-refractivity contribution in [3.8, 4) is 5.75 Å². The van der Waals surface area contributed by atoms with Crippen molar-refractivity contribution in [1.29, 1.82) is 0 Å². The monoisotopic (exact) mass is 323 g/mol. The average molecular weight is 323 g/mol. The smallest absolute Gasteiger partial charge is 0.407 e. The van der Waals surface area contributed by atoms with E-state index in [1.807, 2.05) is 52.8 Å². The largest absolute Gasteiger partial charge is 0.489 e. The number of ether oxygens (including phenoxy) is 2. The fourth-order valence-electron chi connectivity index (χ4n) is 1.87. The molecule has 0 aliphatic heterocycles. The predicted molar refractivity (Wildman–Crippen MR) is 94.0 cm³/mol. The molecule has 0 aliphatic rings. The summed E-state index contributed by atoms with van der Waals surface area (Å²) >= 11 is 0. The van der Waals surface area contributed by atoms with Crippen molar-refractivity contribution in [1.82, 2.24) is 5.32 Å². The molecule has 1 aromatic rings. The van der Waals surface area contributed by atoms with E-state index >= 15 is 0 Å².